The van der Waals surface area contributed by atoms with E-state index in [2.05, 4.69) is 0 Å². The van der Waals surface area contributed by atoms with Gasteiger partial charge in [-0.3, -0.25) is 4.55 Å². The van der Waals surface area contributed by atoms with Crippen LogP contribution in [0.3, 0.4) is 0 Å². The highest BCUT2D eigenvalue weighted by atomic mass is 32.2. The predicted molar refractivity (Wildman–Crippen MR) is 67.5 cm³/mol. The Morgan fingerprint density at radius 1 is 1.18 bits per heavy atom. The van der Waals surface area contributed by atoms with Crippen LogP contribution in [-0.4, -0.2) is 24.7 Å². The minimum Gasteiger partial charge on any atom is -0.392 e. The second kappa shape index (κ2) is 8.00. The van der Waals surface area contributed by atoms with Crippen molar-refractivity contribution in [2.75, 3.05) is 6.61 Å². The van der Waals surface area contributed by atoms with Crippen molar-refractivity contribution >= 4 is 10.1 Å². The standard InChI is InChI=1S/C7H8O3S.C5H10O/c1-6-2-4-7(5-3-6)11(8,9)10;1-2-3-4-5-6/h2-5H,1H3,(H,8,9,10);3-4,6H,2,5H2,1H3. The minimum absolute atomic E-state index is 0.0666. The average Bonchev–Trinajstić information content (AvgIpc) is 2.26. The highest BCUT2D eigenvalue weighted by Gasteiger charge is 2.06. The summed E-state index contributed by atoms with van der Waals surface area (Å²) in [6.07, 6.45) is 4.68. The molecule has 4 nitrogen and oxygen atoms in total. The molecule has 0 unspecified atom stereocenters. The normalized spacial score (nSPS) is 11.1. The number of benzene rings is 1. The molecular weight excluding hydrogens is 240 g/mol. The largest absolute Gasteiger partial charge is 0.392 e. The van der Waals surface area contributed by atoms with Gasteiger partial charge in [-0.2, -0.15) is 8.42 Å². The maximum Gasteiger partial charge on any atom is 0.294 e. The van der Waals surface area contributed by atoms with Crippen molar-refractivity contribution in [1.82, 2.24) is 0 Å². The van der Waals surface area contributed by atoms with Crippen LogP contribution in [0.4, 0.5) is 0 Å². The number of allylic oxidation sites excluding steroid dienone is 1. The summed E-state index contributed by atoms with van der Waals surface area (Å²) in [5.74, 6) is 0. The van der Waals surface area contributed by atoms with E-state index in [1.54, 1.807) is 18.2 Å². The molecule has 0 bridgehead atoms. The molecule has 1 aromatic carbocycles. The van der Waals surface area contributed by atoms with Crippen LogP contribution in [0, 0.1) is 6.92 Å². The maximum atomic E-state index is 10.5. The van der Waals surface area contributed by atoms with Crippen LogP contribution in [0.15, 0.2) is 41.3 Å². The van der Waals surface area contributed by atoms with E-state index in [-0.39, 0.29) is 11.5 Å². The van der Waals surface area contributed by atoms with Gasteiger partial charge in [0.1, 0.15) is 0 Å². The van der Waals surface area contributed by atoms with Crippen molar-refractivity contribution in [3.8, 4) is 0 Å². The van der Waals surface area contributed by atoms with Crippen LogP contribution < -0.4 is 0 Å². The molecule has 2 N–H and O–H groups in total. The molecule has 0 aliphatic carbocycles. The van der Waals surface area contributed by atoms with Gasteiger partial charge in [0.25, 0.3) is 10.1 Å². The summed E-state index contributed by atoms with van der Waals surface area (Å²) in [5.41, 5.74) is 0.956. The van der Waals surface area contributed by atoms with E-state index in [1.807, 2.05) is 19.9 Å². The van der Waals surface area contributed by atoms with Crippen molar-refractivity contribution in [2.45, 2.75) is 25.2 Å². The Morgan fingerprint density at radius 3 is 2.00 bits per heavy atom. The van der Waals surface area contributed by atoms with E-state index >= 15 is 0 Å². The van der Waals surface area contributed by atoms with Gasteiger partial charge in [0.2, 0.25) is 0 Å². The van der Waals surface area contributed by atoms with E-state index in [0.29, 0.717) is 0 Å². The van der Waals surface area contributed by atoms with Gasteiger partial charge in [-0.25, -0.2) is 0 Å². The third kappa shape index (κ3) is 7.68. The molecule has 5 heteroatoms. The van der Waals surface area contributed by atoms with Crippen LogP contribution in [0.5, 0.6) is 0 Å². The fraction of sp³-hybridized carbons (Fsp3) is 0.333. The van der Waals surface area contributed by atoms with Crippen molar-refractivity contribution in [1.29, 1.82) is 0 Å². The van der Waals surface area contributed by atoms with Gasteiger partial charge < -0.3 is 5.11 Å². The fourth-order valence-electron chi connectivity index (χ4n) is 0.951. The SMILES string of the molecule is CCC=CCO.Cc1ccc(S(=O)(=O)O)cc1. The second-order valence-electron chi connectivity index (χ2n) is 3.35. The quantitative estimate of drug-likeness (QED) is 0.643. The molecule has 0 radical (unpaired) electrons. The number of hydrogen-bond donors (Lipinski definition) is 2. The highest BCUT2D eigenvalue weighted by Crippen LogP contribution is 2.08. The highest BCUT2D eigenvalue weighted by molar-refractivity contribution is 7.85. The Hall–Kier alpha value is -1.17. The van der Waals surface area contributed by atoms with Crippen LogP contribution in [0.1, 0.15) is 18.9 Å². The van der Waals surface area contributed by atoms with Crippen molar-refractivity contribution in [3.63, 3.8) is 0 Å². The van der Waals surface area contributed by atoms with Crippen molar-refractivity contribution < 1.29 is 18.1 Å². The molecule has 0 fully saturated rings. The van der Waals surface area contributed by atoms with Gasteiger partial charge in [0, 0.05) is 0 Å². The lowest BCUT2D eigenvalue weighted by molar-refractivity contribution is 0.342. The predicted octanol–water partition coefficient (Wildman–Crippen LogP) is 2.19. The Morgan fingerprint density at radius 2 is 1.71 bits per heavy atom. The number of hydrogen-bond acceptors (Lipinski definition) is 3. The summed E-state index contributed by atoms with van der Waals surface area (Å²) >= 11 is 0. The molecule has 96 valence electrons. The lowest BCUT2D eigenvalue weighted by atomic mass is 10.2. The number of aryl methyl sites for hydroxylation is 1. The van der Waals surface area contributed by atoms with Crippen LogP contribution in [0.2, 0.25) is 0 Å². The molecule has 0 saturated carbocycles. The van der Waals surface area contributed by atoms with Gasteiger partial charge in [-0.05, 0) is 25.5 Å². The Bertz CT molecular complexity index is 426. The van der Waals surface area contributed by atoms with Crippen LogP contribution in [-0.2, 0) is 10.1 Å². The van der Waals surface area contributed by atoms with E-state index in [4.69, 9.17) is 9.66 Å². The zero-order valence-corrected chi connectivity index (χ0v) is 10.8. The zero-order chi connectivity index (χ0) is 13.3. The van der Waals surface area contributed by atoms with E-state index in [0.717, 1.165) is 12.0 Å². The summed E-state index contributed by atoms with van der Waals surface area (Å²) < 4.78 is 29.6. The van der Waals surface area contributed by atoms with Crippen molar-refractivity contribution in [3.05, 3.63) is 42.0 Å². The summed E-state index contributed by atoms with van der Waals surface area (Å²) in [5, 5.41) is 8.11. The first-order valence-corrected chi connectivity index (χ1v) is 6.65. The Kier molecular flexibility index (Phi) is 7.45. The lowest BCUT2D eigenvalue weighted by Gasteiger charge is -1.95. The molecule has 0 aliphatic rings. The van der Waals surface area contributed by atoms with E-state index in [1.165, 1.54) is 12.1 Å². The molecule has 0 atom stereocenters. The summed E-state index contributed by atoms with van der Waals surface area (Å²) in [7, 11) is -4.02. The lowest BCUT2D eigenvalue weighted by Crippen LogP contribution is -1.96. The first-order valence-electron chi connectivity index (χ1n) is 5.21. The molecule has 0 aromatic heterocycles. The number of aliphatic hydroxyl groups excluding tert-OH is 1. The summed E-state index contributed by atoms with van der Waals surface area (Å²) in [6, 6.07) is 5.99. The topological polar surface area (TPSA) is 74.6 Å². The van der Waals surface area contributed by atoms with E-state index < -0.39 is 10.1 Å². The number of aliphatic hydroxyl groups is 1. The monoisotopic (exact) mass is 258 g/mol. The van der Waals surface area contributed by atoms with E-state index in [9.17, 15) is 8.42 Å². The van der Waals surface area contributed by atoms with Gasteiger partial charge in [0.05, 0.1) is 11.5 Å². The van der Waals surface area contributed by atoms with Gasteiger partial charge in [-0.15, -0.1) is 0 Å². The fourth-order valence-corrected chi connectivity index (χ4v) is 1.43. The van der Waals surface area contributed by atoms with Gasteiger partial charge >= 0.3 is 0 Å². The molecule has 0 saturated heterocycles. The molecule has 17 heavy (non-hydrogen) atoms. The second-order valence-corrected chi connectivity index (χ2v) is 4.77. The molecule has 0 aliphatic heterocycles. The molecule has 0 heterocycles. The zero-order valence-electron chi connectivity index (χ0n) is 10.00. The maximum absolute atomic E-state index is 10.5. The third-order valence-corrected chi connectivity index (χ3v) is 2.69. The number of rotatable bonds is 3. The Balaban J connectivity index is 0.000000366. The molecule has 0 amide bonds. The first kappa shape index (κ1) is 15.8. The molecular formula is C12H18O4S. The minimum atomic E-state index is -4.02. The molecule has 0 spiro atoms. The first-order chi connectivity index (χ1) is 7.91. The molecule has 1 rings (SSSR count). The third-order valence-electron chi connectivity index (χ3n) is 1.83. The Labute approximate surface area is 102 Å². The average molecular weight is 258 g/mol. The summed E-state index contributed by atoms with van der Waals surface area (Å²) in [6.45, 7) is 4.05. The van der Waals surface area contributed by atoms with Crippen molar-refractivity contribution in [2.24, 2.45) is 0 Å². The molecule has 1 aromatic rings. The van der Waals surface area contributed by atoms with Crippen LogP contribution in [0.25, 0.3) is 0 Å². The van der Waals surface area contributed by atoms with Gasteiger partial charge in [0.15, 0.2) is 0 Å². The summed E-state index contributed by atoms with van der Waals surface area (Å²) in [4.78, 5) is -0.0666. The van der Waals surface area contributed by atoms with Crippen LogP contribution >= 0.6 is 0 Å². The smallest absolute Gasteiger partial charge is 0.294 e. The van der Waals surface area contributed by atoms with Gasteiger partial charge in [-0.1, -0.05) is 36.8 Å².